The predicted octanol–water partition coefficient (Wildman–Crippen LogP) is 2.29. The molecule has 2 heterocycles. The molecule has 26 heavy (non-hydrogen) atoms. The second-order valence-corrected chi connectivity index (χ2v) is 6.55. The van der Waals surface area contributed by atoms with Gasteiger partial charge in [-0.15, -0.1) is 0 Å². The SMILES string of the molecule is NC(=O)c1cccc2c(N[C@H]3CNCC[C@H]3c3ccccc3)ncnc12. The van der Waals surface area contributed by atoms with Crippen molar-refractivity contribution < 1.29 is 4.79 Å². The van der Waals surface area contributed by atoms with E-state index in [0.29, 0.717) is 17.0 Å². The minimum absolute atomic E-state index is 0.196. The van der Waals surface area contributed by atoms with Gasteiger partial charge in [-0.3, -0.25) is 4.79 Å². The number of para-hydroxylation sites is 1. The number of carbonyl (C=O) groups excluding carboxylic acids is 1. The van der Waals surface area contributed by atoms with Gasteiger partial charge >= 0.3 is 0 Å². The van der Waals surface area contributed by atoms with Gasteiger partial charge in [-0.05, 0) is 30.7 Å². The smallest absolute Gasteiger partial charge is 0.250 e. The molecule has 1 saturated heterocycles. The maximum absolute atomic E-state index is 11.7. The first-order chi connectivity index (χ1) is 12.7. The lowest BCUT2D eigenvalue weighted by Gasteiger charge is -2.33. The zero-order valence-electron chi connectivity index (χ0n) is 14.4. The van der Waals surface area contributed by atoms with Gasteiger partial charge in [0.05, 0.1) is 11.1 Å². The molecular weight excluding hydrogens is 326 g/mol. The molecular formula is C20H21N5O. The van der Waals surface area contributed by atoms with Crippen LogP contribution in [-0.4, -0.2) is 35.0 Å². The second-order valence-electron chi connectivity index (χ2n) is 6.55. The highest BCUT2D eigenvalue weighted by Crippen LogP contribution is 2.29. The zero-order chi connectivity index (χ0) is 17.9. The number of nitrogens with zero attached hydrogens (tertiary/aromatic N) is 2. The number of hydrogen-bond donors (Lipinski definition) is 3. The van der Waals surface area contributed by atoms with E-state index in [-0.39, 0.29) is 6.04 Å². The van der Waals surface area contributed by atoms with Gasteiger partial charge in [0.15, 0.2) is 0 Å². The average Bonchev–Trinajstić information content (AvgIpc) is 2.69. The Bertz CT molecular complexity index is 928. The summed E-state index contributed by atoms with van der Waals surface area (Å²) in [5, 5.41) is 7.83. The standard InChI is InChI=1S/C20H21N5O/c21-19(26)15-7-4-8-16-18(15)23-12-24-20(16)25-17-11-22-10-9-14(17)13-5-2-1-3-6-13/h1-8,12,14,17,22H,9-11H2,(H2,21,26)(H,23,24,25)/t14-,17-/m0/s1. The Morgan fingerprint density at radius 3 is 2.77 bits per heavy atom. The van der Waals surface area contributed by atoms with Crippen LogP contribution < -0.4 is 16.4 Å². The molecule has 0 saturated carbocycles. The first-order valence-corrected chi connectivity index (χ1v) is 8.80. The number of carbonyl (C=O) groups is 1. The second kappa shape index (κ2) is 7.09. The molecule has 2 atom stereocenters. The van der Waals surface area contributed by atoms with E-state index in [9.17, 15) is 4.79 Å². The molecule has 1 aliphatic rings. The quantitative estimate of drug-likeness (QED) is 0.673. The Labute approximate surface area is 151 Å². The fourth-order valence-corrected chi connectivity index (χ4v) is 3.69. The van der Waals surface area contributed by atoms with Crippen LogP contribution in [0.25, 0.3) is 10.9 Å². The van der Waals surface area contributed by atoms with Crippen molar-refractivity contribution >= 4 is 22.6 Å². The molecule has 3 aromatic rings. The molecule has 6 nitrogen and oxygen atoms in total. The summed E-state index contributed by atoms with van der Waals surface area (Å²) in [6.07, 6.45) is 2.53. The molecule has 1 fully saturated rings. The number of piperidine rings is 1. The van der Waals surface area contributed by atoms with Crippen LogP contribution in [0, 0.1) is 0 Å². The lowest BCUT2D eigenvalue weighted by Crippen LogP contribution is -2.44. The van der Waals surface area contributed by atoms with Gasteiger partial charge in [0.2, 0.25) is 0 Å². The van der Waals surface area contributed by atoms with Crippen LogP contribution in [0.15, 0.2) is 54.9 Å². The summed E-state index contributed by atoms with van der Waals surface area (Å²) in [5.41, 5.74) is 7.80. The number of aromatic nitrogens is 2. The number of primary amides is 1. The van der Waals surface area contributed by atoms with Gasteiger partial charge in [-0.1, -0.05) is 36.4 Å². The van der Waals surface area contributed by atoms with Crippen LogP contribution in [0.4, 0.5) is 5.82 Å². The monoisotopic (exact) mass is 347 g/mol. The maximum Gasteiger partial charge on any atom is 0.250 e. The maximum atomic E-state index is 11.7. The van der Waals surface area contributed by atoms with Crippen LogP contribution in [0.5, 0.6) is 0 Å². The number of hydrogen-bond acceptors (Lipinski definition) is 5. The summed E-state index contributed by atoms with van der Waals surface area (Å²) >= 11 is 0. The van der Waals surface area contributed by atoms with Crippen molar-refractivity contribution in [2.24, 2.45) is 5.73 Å². The molecule has 1 aromatic heterocycles. The number of nitrogens with two attached hydrogens (primary N) is 1. The summed E-state index contributed by atoms with van der Waals surface area (Å²) in [4.78, 5) is 20.4. The minimum Gasteiger partial charge on any atom is -0.366 e. The Hall–Kier alpha value is -2.99. The summed E-state index contributed by atoms with van der Waals surface area (Å²) < 4.78 is 0. The first kappa shape index (κ1) is 16.5. The summed E-state index contributed by atoms with van der Waals surface area (Å²) in [6, 6.07) is 16.2. The Kier molecular flexibility index (Phi) is 4.50. The van der Waals surface area contributed by atoms with Gasteiger partial charge in [0.1, 0.15) is 12.1 Å². The van der Waals surface area contributed by atoms with Gasteiger partial charge in [-0.2, -0.15) is 0 Å². The molecule has 0 aliphatic carbocycles. The highest BCUT2D eigenvalue weighted by molar-refractivity contribution is 6.06. The molecule has 4 rings (SSSR count). The topological polar surface area (TPSA) is 92.9 Å². The molecule has 2 aromatic carbocycles. The fraction of sp³-hybridized carbons (Fsp3) is 0.250. The van der Waals surface area contributed by atoms with Crippen LogP contribution >= 0.6 is 0 Å². The van der Waals surface area contributed by atoms with E-state index in [0.717, 1.165) is 30.7 Å². The fourth-order valence-electron chi connectivity index (χ4n) is 3.69. The van der Waals surface area contributed by atoms with Gasteiger partial charge in [-0.25, -0.2) is 9.97 Å². The molecule has 0 unspecified atom stereocenters. The van der Waals surface area contributed by atoms with Crippen molar-refractivity contribution in [3.63, 3.8) is 0 Å². The Morgan fingerprint density at radius 2 is 1.96 bits per heavy atom. The third-order valence-corrected chi connectivity index (χ3v) is 4.96. The van der Waals surface area contributed by atoms with E-state index in [2.05, 4.69) is 44.9 Å². The lowest BCUT2D eigenvalue weighted by atomic mass is 9.86. The van der Waals surface area contributed by atoms with E-state index in [4.69, 9.17) is 5.73 Å². The van der Waals surface area contributed by atoms with Crippen LogP contribution in [0.3, 0.4) is 0 Å². The van der Waals surface area contributed by atoms with Crippen LogP contribution in [0.2, 0.25) is 0 Å². The molecule has 0 spiro atoms. The summed E-state index contributed by atoms with van der Waals surface area (Å²) in [6.45, 7) is 1.84. The highest BCUT2D eigenvalue weighted by atomic mass is 16.1. The predicted molar refractivity (Wildman–Crippen MR) is 102 cm³/mol. The van der Waals surface area contributed by atoms with Crippen molar-refractivity contribution in [1.82, 2.24) is 15.3 Å². The van der Waals surface area contributed by atoms with Crippen molar-refractivity contribution in [3.05, 3.63) is 66.0 Å². The van der Waals surface area contributed by atoms with Crippen LogP contribution in [0.1, 0.15) is 28.3 Å². The average molecular weight is 347 g/mol. The third-order valence-electron chi connectivity index (χ3n) is 4.96. The van der Waals surface area contributed by atoms with Crippen molar-refractivity contribution in [3.8, 4) is 0 Å². The number of rotatable bonds is 4. The third kappa shape index (κ3) is 3.11. The highest BCUT2D eigenvalue weighted by Gasteiger charge is 2.27. The largest absolute Gasteiger partial charge is 0.366 e. The molecule has 132 valence electrons. The van der Waals surface area contributed by atoms with Crippen molar-refractivity contribution in [1.29, 1.82) is 0 Å². The zero-order valence-corrected chi connectivity index (χ0v) is 14.4. The van der Waals surface area contributed by atoms with E-state index in [1.165, 1.54) is 11.9 Å². The first-order valence-electron chi connectivity index (χ1n) is 8.80. The molecule has 4 N–H and O–H groups in total. The molecule has 0 radical (unpaired) electrons. The Balaban J connectivity index is 1.70. The van der Waals surface area contributed by atoms with Crippen molar-refractivity contribution in [2.45, 2.75) is 18.4 Å². The van der Waals surface area contributed by atoms with E-state index >= 15 is 0 Å². The Morgan fingerprint density at radius 1 is 1.12 bits per heavy atom. The molecule has 6 heteroatoms. The normalized spacial score (nSPS) is 20.0. The molecule has 1 aliphatic heterocycles. The van der Waals surface area contributed by atoms with E-state index in [1.54, 1.807) is 6.07 Å². The molecule has 0 bridgehead atoms. The summed E-state index contributed by atoms with van der Waals surface area (Å²) in [5.74, 6) is 0.635. The van der Waals surface area contributed by atoms with Gasteiger partial charge in [0, 0.05) is 23.9 Å². The number of benzene rings is 2. The van der Waals surface area contributed by atoms with E-state index in [1.807, 2.05) is 18.2 Å². The van der Waals surface area contributed by atoms with Crippen LogP contribution in [-0.2, 0) is 0 Å². The number of fused-ring (bicyclic) bond motifs is 1. The van der Waals surface area contributed by atoms with Gasteiger partial charge in [0.25, 0.3) is 5.91 Å². The number of nitrogens with one attached hydrogen (secondary N) is 2. The molecule has 1 amide bonds. The number of anilines is 1. The summed E-state index contributed by atoms with van der Waals surface area (Å²) in [7, 11) is 0. The van der Waals surface area contributed by atoms with Crippen molar-refractivity contribution in [2.75, 3.05) is 18.4 Å². The van der Waals surface area contributed by atoms with E-state index < -0.39 is 5.91 Å². The lowest BCUT2D eigenvalue weighted by molar-refractivity contribution is 0.100. The minimum atomic E-state index is -0.484. The van der Waals surface area contributed by atoms with Gasteiger partial charge < -0.3 is 16.4 Å². The number of amides is 1.